The van der Waals surface area contributed by atoms with Gasteiger partial charge in [0.25, 0.3) is 5.92 Å². The molecule has 2 fully saturated rings. The number of halogens is 2. The predicted molar refractivity (Wildman–Crippen MR) is 62.7 cm³/mol. The second-order valence-electron chi connectivity index (χ2n) is 5.11. The van der Waals surface area contributed by atoms with E-state index in [2.05, 4.69) is 15.0 Å². The second-order valence-corrected chi connectivity index (χ2v) is 5.11. The number of nitrogens with zero attached hydrogens (tertiary/aromatic N) is 4. The summed E-state index contributed by atoms with van der Waals surface area (Å²) in [5, 5.41) is 9.20. The molecule has 2 aromatic rings. The molecule has 0 bridgehead atoms. The third-order valence-electron chi connectivity index (χ3n) is 4.20. The van der Waals surface area contributed by atoms with Gasteiger partial charge < -0.3 is 15.6 Å². The van der Waals surface area contributed by atoms with Crippen molar-refractivity contribution >= 4 is 17.0 Å². The molecule has 106 valence electrons. The number of aromatic nitrogens is 4. The Morgan fingerprint density at radius 3 is 2.95 bits per heavy atom. The Morgan fingerprint density at radius 2 is 2.25 bits per heavy atom. The lowest BCUT2D eigenvalue weighted by Gasteiger charge is -2.20. The number of aliphatic hydroxyl groups excluding tert-OH is 1. The maximum atomic E-state index is 13.5. The third-order valence-corrected chi connectivity index (χ3v) is 4.20. The summed E-state index contributed by atoms with van der Waals surface area (Å²) in [6.45, 7) is -0.703. The molecule has 3 heterocycles. The molecule has 0 unspecified atom stereocenters. The number of nitrogen functional groups attached to an aromatic ring is 1. The fourth-order valence-corrected chi connectivity index (χ4v) is 3.00. The summed E-state index contributed by atoms with van der Waals surface area (Å²) < 4.78 is 34.0. The van der Waals surface area contributed by atoms with E-state index in [1.165, 1.54) is 12.7 Å². The third kappa shape index (κ3) is 1.17. The molecule has 0 spiro atoms. The van der Waals surface area contributed by atoms with Gasteiger partial charge in [-0.25, -0.2) is 23.7 Å². The predicted octanol–water partition coefficient (Wildman–Crippen LogP) is 0.324. The van der Waals surface area contributed by atoms with E-state index in [4.69, 9.17) is 10.5 Å². The molecular formula is C11H11F2N5O2. The number of alkyl halides is 2. The van der Waals surface area contributed by atoms with Crippen molar-refractivity contribution in [2.24, 2.45) is 5.92 Å². The van der Waals surface area contributed by atoms with Crippen LogP contribution in [0.25, 0.3) is 11.2 Å². The zero-order chi connectivity index (χ0) is 14.1. The highest BCUT2D eigenvalue weighted by molar-refractivity contribution is 5.81. The largest absolute Gasteiger partial charge is 0.393 e. The minimum Gasteiger partial charge on any atom is -0.393 e. The molecule has 0 radical (unpaired) electrons. The van der Waals surface area contributed by atoms with Crippen molar-refractivity contribution in [1.82, 2.24) is 19.5 Å². The lowest BCUT2D eigenvalue weighted by molar-refractivity contribution is -0.129. The van der Waals surface area contributed by atoms with Gasteiger partial charge in [-0.05, 0) is 0 Å². The maximum Gasteiger partial charge on any atom is 0.285 e. The Kier molecular flexibility index (Phi) is 2.03. The fourth-order valence-electron chi connectivity index (χ4n) is 3.00. The SMILES string of the molecule is Nc1ncnc2c1ncn2[C@H]1C[C@@H]2C(F)(F)[C@]2(CO)O1. The zero-order valence-electron chi connectivity index (χ0n) is 10.2. The molecule has 2 aliphatic rings. The van der Waals surface area contributed by atoms with Crippen LogP contribution in [0.15, 0.2) is 12.7 Å². The highest BCUT2D eigenvalue weighted by atomic mass is 19.3. The Bertz CT molecular complexity index is 705. The smallest absolute Gasteiger partial charge is 0.285 e. The van der Waals surface area contributed by atoms with Gasteiger partial charge in [0.2, 0.25) is 0 Å². The summed E-state index contributed by atoms with van der Waals surface area (Å²) in [7, 11) is 0. The van der Waals surface area contributed by atoms with Gasteiger partial charge in [-0.2, -0.15) is 0 Å². The maximum absolute atomic E-state index is 13.5. The molecule has 1 saturated carbocycles. The van der Waals surface area contributed by atoms with Gasteiger partial charge >= 0.3 is 0 Å². The number of aliphatic hydroxyl groups is 1. The van der Waals surface area contributed by atoms with Crippen molar-refractivity contribution in [1.29, 1.82) is 0 Å². The van der Waals surface area contributed by atoms with Crippen LogP contribution in [0, 0.1) is 5.92 Å². The summed E-state index contributed by atoms with van der Waals surface area (Å²) in [4.78, 5) is 11.9. The average Bonchev–Trinajstić information content (AvgIpc) is 2.86. The Hall–Kier alpha value is -1.87. The van der Waals surface area contributed by atoms with E-state index in [1.54, 1.807) is 4.57 Å². The highest BCUT2D eigenvalue weighted by Crippen LogP contribution is 2.69. The number of hydrogen-bond donors (Lipinski definition) is 2. The molecule has 4 rings (SSSR count). The molecule has 0 amide bonds. The van der Waals surface area contributed by atoms with Crippen molar-refractivity contribution in [3.8, 4) is 0 Å². The molecule has 3 atom stereocenters. The molecule has 20 heavy (non-hydrogen) atoms. The topological polar surface area (TPSA) is 99.1 Å². The zero-order valence-corrected chi connectivity index (χ0v) is 10.2. The molecule has 3 N–H and O–H groups in total. The molecule has 1 aliphatic carbocycles. The molecular weight excluding hydrogens is 272 g/mol. The first-order valence-electron chi connectivity index (χ1n) is 6.11. The summed E-state index contributed by atoms with van der Waals surface area (Å²) in [5.74, 6) is -3.72. The van der Waals surface area contributed by atoms with Crippen molar-refractivity contribution < 1.29 is 18.6 Å². The normalized spacial score (nSPS) is 34.4. The van der Waals surface area contributed by atoms with Crippen molar-refractivity contribution in [2.75, 3.05) is 12.3 Å². The van der Waals surface area contributed by atoms with E-state index in [0.717, 1.165) is 0 Å². The number of anilines is 1. The van der Waals surface area contributed by atoms with E-state index in [1.807, 2.05) is 0 Å². The van der Waals surface area contributed by atoms with Crippen LogP contribution in [0.4, 0.5) is 14.6 Å². The van der Waals surface area contributed by atoms with Crippen LogP contribution in [0.1, 0.15) is 12.6 Å². The monoisotopic (exact) mass is 283 g/mol. The van der Waals surface area contributed by atoms with Crippen molar-refractivity contribution in [3.05, 3.63) is 12.7 Å². The Morgan fingerprint density at radius 1 is 1.45 bits per heavy atom. The van der Waals surface area contributed by atoms with E-state index < -0.39 is 30.3 Å². The molecule has 1 aliphatic heterocycles. The first-order valence-corrected chi connectivity index (χ1v) is 6.11. The van der Waals surface area contributed by atoms with E-state index in [9.17, 15) is 13.9 Å². The summed E-state index contributed by atoms with van der Waals surface area (Å²) >= 11 is 0. The second kappa shape index (κ2) is 3.41. The molecule has 2 aromatic heterocycles. The number of imidazole rings is 1. The number of nitrogens with two attached hydrogens (primary N) is 1. The summed E-state index contributed by atoms with van der Waals surface area (Å²) in [5.41, 5.74) is 4.75. The summed E-state index contributed by atoms with van der Waals surface area (Å²) in [6.07, 6.45) is 2.19. The molecule has 9 heteroatoms. The minimum absolute atomic E-state index is 0.100. The number of hydrogen-bond acceptors (Lipinski definition) is 6. The number of ether oxygens (including phenoxy) is 1. The highest BCUT2D eigenvalue weighted by Gasteiger charge is 2.85. The van der Waals surface area contributed by atoms with Crippen LogP contribution in [0.5, 0.6) is 0 Å². The van der Waals surface area contributed by atoms with Gasteiger partial charge in [-0.3, -0.25) is 4.57 Å². The summed E-state index contributed by atoms with van der Waals surface area (Å²) in [6, 6.07) is 0. The van der Waals surface area contributed by atoms with Crippen LogP contribution < -0.4 is 5.73 Å². The lowest BCUT2D eigenvalue weighted by Crippen LogP contribution is -2.29. The molecule has 1 saturated heterocycles. The van der Waals surface area contributed by atoms with Crippen LogP contribution in [-0.2, 0) is 4.74 Å². The van der Waals surface area contributed by atoms with Gasteiger partial charge in [0, 0.05) is 6.42 Å². The van der Waals surface area contributed by atoms with E-state index in [-0.39, 0.29) is 12.2 Å². The molecule has 7 nitrogen and oxygen atoms in total. The van der Waals surface area contributed by atoms with Crippen LogP contribution in [0.3, 0.4) is 0 Å². The number of fused-ring (bicyclic) bond motifs is 2. The van der Waals surface area contributed by atoms with Gasteiger partial charge in [0.1, 0.15) is 18.1 Å². The van der Waals surface area contributed by atoms with Crippen molar-refractivity contribution in [3.63, 3.8) is 0 Å². The van der Waals surface area contributed by atoms with Crippen LogP contribution in [-0.4, -0.2) is 42.8 Å². The Labute approximate surface area is 111 Å². The molecule has 0 aromatic carbocycles. The van der Waals surface area contributed by atoms with Crippen LogP contribution >= 0.6 is 0 Å². The van der Waals surface area contributed by atoms with E-state index in [0.29, 0.717) is 11.2 Å². The van der Waals surface area contributed by atoms with Gasteiger partial charge in [-0.15, -0.1) is 0 Å². The lowest BCUT2D eigenvalue weighted by atomic mass is 10.2. The minimum atomic E-state index is -2.97. The van der Waals surface area contributed by atoms with Gasteiger partial charge in [-0.1, -0.05) is 0 Å². The average molecular weight is 283 g/mol. The first-order chi connectivity index (χ1) is 9.51. The van der Waals surface area contributed by atoms with E-state index >= 15 is 0 Å². The van der Waals surface area contributed by atoms with Crippen LogP contribution in [0.2, 0.25) is 0 Å². The quantitative estimate of drug-likeness (QED) is 0.823. The first kappa shape index (κ1) is 11.9. The van der Waals surface area contributed by atoms with Gasteiger partial charge in [0.05, 0.1) is 18.9 Å². The standard InChI is InChI=1S/C11H11F2N5O2/c12-11(13)5-1-6(20-10(5,11)2-19)18-4-17-7-8(14)15-3-16-9(7)18/h3-6,19H,1-2H2,(H2,14,15,16)/t5-,6+,10+/m0/s1. The Balaban J connectivity index is 1.72. The van der Waals surface area contributed by atoms with Crippen molar-refractivity contribution in [2.45, 2.75) is 24.2 Å². The van der Waals surface area contributed by atoms with Gasteiger partial charge in [0.15, 0.2) is 17.1 Å². The fraction of sp³-hybridized carbons (Fsp3) is 0.545. The number of rotatable bonds is 2.